The summed E-state index contributed by atoms with van der Waals surface area (Å²) in [5.41, 5.74) is 14.8. The van der Waals surface area contributed by atoms with Crippen molar-refractivity contribution in [2.45, 2.75) is 78.7 Å². The number of carbonyl (C=O) groups is 2. The largest absolute Gasteiger partial charge is 0.383 e. The van der Waals surface area contributed by atoms with Crippen molar-refractivity contribution in [1.29, 1.82) is 5.41 Å². The van der Waals surface area contributed by atoms with E-state index in [2.05, 4.69) is 67.3 Å². The summed E-state index contributed by atoms with van der Waals surface area (Å²) < 4.78 is 5.26. The minimum atomic E-state index is -0.420. The molecule has 0 bridgehead atoms. The lowest BCUT2D eigenvalue weighted by atomic mass is 9.92. The number of aromatic nitrogens is 5. The quantitative estimate of drug-likeness (QED) is 0.0841. The topological polar surface area (TPSA) is 192 Å². The second kappa shape index (κ2) is 18.1. The molecule has 2 aliphatic rings. The van der Waals surface area contributed by atoms with Crippen molar-refractivity contribution in [2.24, 2.45) is 11.8 Å². The fourth-order valence-electron chi connectivity index (χ4n) is 8.45. The van der Waals surface area contributed by atoms with Crippen LogP contribution < -0.4 is 21.3 Å². The van der Waals surface area contributed by atoms with Crippen LogP contribution in [0.1, 0.15) is 102 Å². The van der Waals surface area contributed by atoms with Gasteiger partial charge < -0.3 is 30.7 Å². The molecular formula is C47H57N11O3. The van der Waals surface area contributed by atoms with Gasteiger partial charge in [-0.1, -0.05) is 64.1 Å². The van der Waals surface area contributed by atoms with Gasteiger partial charge in [0, 0.05) is 85.4 Å². The van der Waals surface area contributed by atoms with Gasteiger partial charge in [0.15, 0.2) is 0 Å². The number of aryl methyl sites for hydroxylation is 2. The number of nitrogens with two attached hydrogens (primary N) is 1. The average Bonchev–Trinajstić information content (AvgIpc) is 3.99. The Morgan fingerprint density at radius 2 is 1.79 bits per heavy atom. The maximum Gasteiger partial charge on any atom is 0.292 e. The van der Waals surface area contributed by atoms with E-state index in [1.165, 1.54) is 6.20 Å². The summed E-state index contributed by atoms with van der Waals surface area (Å²) in [5, 5.41) is 18.5. The Bertz CT molecular complexity index is 2410. The van der Waals surface area contributed by atoms with Crippen molar-refractivity contribution in [3.8, 4) is 11.3 Å². The Morgan fingerprint density at radius 1 is 1.02 bits per heavy atom. The SMILES string of the molecule is C=CNC(=O)C(CCC)c1ccc(CCN2CC3CN(c4ccc(-c5cnc(N)c(C(=N)c6ccc(CNC(=O)c7noc(C(C)(C)C)n7)c(C)c6)c5)nc4)CC3C2)nc1C. The molecule has 0 radical (unpaired) electrons. The summed E-state index contributed by atoms with van der Waals surface area (Å²) in [5.74, 6) is 1.19. The van der Waals surface area contributed by atoms with Crippen LogP contribution in [0.4, 0.5) is 11.5 Å². The number of fused-ring (bicyclic) bond motifs is 1. The summed E-state index contributed by atoms with van der Waals surface area (Å²) >= 11 is 0. The maximum atomic E-state index is 12.7. The molecule has 0 saturated carbocycles. The Hall–Kier alpha value is -6.28. The van der Waals surface area contributed by atoms with Crippen LogP contribution in [0, 0.1) is 31.1 Å². The standard InChI is InChI=1S/C47H57N11O3/c1-8-10-38(44(59)50-9-2)37-15-13-35(54-29(37)4)17-18-57-24-33-26-58(27-34(33)25-57)36-14-16-40(51-23-36)32-20-39(42(49)52-22-32)41(48)30-11-12-31(28(3)19-30)21-53-45(60)43-55-46(61-56-43)47(5,6)7/h9,11-16,19-20,22-23,33-34,38,48H,2,8,10,17-18,21,24-27H2,1,3-7H3,(H2,49,52)(H,50,59)(H,53,60). The molecule has 5 aromatic rings. The minimum absolute atomic E-state index is 0.00628. The third-order valence-corrected chi connectivity index (χ3v) is 11.9. The van der Waals surface area contributed by atoms with Crippen molar-refractivity contribution in [3.05, 3.63) is 125 Å². The molecule has 0 spiro atoms. The first-order valence-corrected chi connectivity index (χ1v) is 21.1. The third kappa shape index (κ3) is 9.70. The molecule has 2 saturated heterocycles. The van der Waals surface area contributed by atoms with Gasteiger partial charge in [-0.3, -0.25) is 25.0 Å². The predicted molar refractivity (Wildman–Crippen MR) is 237 cm³/mol. The second-order valence-electron chi connectivity index (χ2n) is 17.4. The minimum Gasteiger partial charge on any atom is -0.383 e. The fraction of sp³-hybridized carbons (Fsp3) is 0.404. The number of nitrogens with one attached hydrogen (secondary N) is 3. The van der Waals surface area contributed by atoms with Gasteiger partial charge in [0.05, 0.1) is 29.2 Å². The molecule has 0 aliphatic carbocycles. The number of anilines is 2. The summed E-state index contributed by atoms with van der Waals surface area (Å²) in [4.78, 5) is 48.8. The summed E-state index contributed by atoms with van der Waals surface area (Å²) in [6, 6.07) is 15.8. The molecular weight excluding hydrogens is 767 g/mol. The van der Waals surface area contributed by atoms with Gasteiger partial charge in [-0.25, -0.2) is 4.98 Å². The molecule has 3 unspecified atom stereocenters. The molecule has 4 aromatic heterocycles. The number of nitrogens with zero attached hydrogens (tertiary/aromatic N) is 7. The molecule has 7 rings (SSSR count). The number of likely N-dealkylation sites (tertiary alicyclic amines) is 1. The molecule has 14 nitrogen and oxygen atoms in total. The van der Waals surface area contributed by atoms with Crippen LogP contribution in [0.15, 0.2) is 78.2 Å². The van der Waals surface area contributed by atoms with E-state index in [-0.39, 0.29) is 41.1 Å². The molecule has 61 heavy (non-hydrogen) atoms. The van der Waals surface area contributed by atoms with Gasteiger partial charge >= 0.3 is 0 Å². The summed E-state index contributed by atoms with van der Waals surface area (Å²) in [7, 11) is 0. The Kier molecular flexibility index (Phi) is 12.7. The van der Waals surface area contributed by atoms with Crippen LogP contribution in [0.5, 0.6) is 0 Å². The second-order valence-corrected chi connectivity index (χ2v) is 17.4. The molecule has 3 atom stereocenters. The Labute approximate surface area is 358 Å². The Morgan fingerprint density at radius 3 is 2.43 bits per heavy atom. The van der Waals surface area contributed by atoms with Crippen LogP contribution >= 0.6 is 0 Å². The van der Waals surface area contributed by atoms with Gasteiger partial charge in [0.1, 0.15) is 5.82 Å². The van der Waals surface area contributed by atoms with E-state index in [4.69, 9.17) is 25.6 Å². The number of pyridine rings is 3. The number of nitrogen functional groups attached to an aromatic ring is 1. The predicted octanol–water partition coefficient (Wildman–Crippen LogP) is 6.52. The highest BCUT2D eigenvalue weighted by atomic mass is 16.5. The van der Waals surface area contributed by atoms with E-state index in [1.807, 2.05) is 71.1 Å². The van der Waals surface area contributed by atoms with E-state index in [1.54, 1.807) is 6.20 Å². The molecule has 1 aromatic carbocycles. The highest BCUT2D eigenvalue weighted by molar-refractivity contribution is 6.14. The zero-order valence-corrected chi connectivity index (χ0v) is 36.1. The summed E-state index contributed by atoms with van der Waals surface area (Å²) in [6.45, 7) is 20.8. The van der Waals surface area contributed by atoms with Crippen molar-refractivity contribution in [3.63, 3.8) is 0 Å². The number of hydrogen-bond donors (Lipinski definition) is 4. The fourth-order valence-corrected chi connectivity index (χ4v) is 8.45. The number of hydrogen-bond acceptors (Lipinski definition) is 12. The van der Waals surface area contributed by atoms with E-state index in [0.29, 0.717) is 28.9 Å². The lowest BCUT2D eigenvalue weighted by Crippen LogP contribution is -2.30. The number of carbonyl (C=O) groups excluding carboxylic acids is 2. The van der Waals surface area contributed by atoms with E-state index >= 15 is 0 Å². The Balaban J connectivity index is 0.919. The van der Waals surface area contributed by atoms with Crippen LogP contribution in [-0.2, 0) is 23.2 Å². The summed E-state index contributed by atoms with van der Waals surface area (Å²) in [6.07, 6.45) is 7.65. The molecule has 14 heteroatoms. The highest BCUT2D eigenvalue weighted by Gasteiger charge is 2.40. The monoisotopic (exact) mass is 823 g/mol. The zero-order valence-electron chi connectivity index (χ0n) is 36.1. The van der Waals surface area contributed by atoms with Crippen LogP contribution in [0.2, 0.25) is 0 Å². The molecule has 2 aliphatic heterocycles. The number of amides is 2. The lowest BCUT2D eigenvalue weighted by Gasteiger charge is -2.23. The molecule has 5 N–H and O–H groups in total. The van der Waals surface area contributed by atoms with E-state index in [0.717, 1.165) is 97.0 Å². The number of rotatable bonds is 15. The van der Waals surface area contributed by atoms with E-state index < -0.39 is 5.91 Å². The van der Waals surface area contributed by atoms with Crippen LogP contribution in [-0.4, -0.2) is 80.2 Å². The molecule has 318 valence electrons. The third-order valence-electron chi connectivity index (χ3n) is 11.9. The van der Waals surface area contributed by atoms with Crippen molar-refractivity contribution in [1.82, 2.24) is 40.6 Å². The van der Waals surface area contributed by atoms with Crippen molar-refractivity contribution >= 4 is 29.0 Å². The smallest absolute Gasteiger partial charge is 0.292 e. The lowest BCUT2D eigenvalue weighted by molar-refractivity contribution is -0.121. The number of benzene rings is 1. The first kappa shape index (κ1) is 42.8. The molecule has 6 heterocycles. The van der Waals surface area contributed by atoms with E-state index in [9.17, 15) is 9.59 Å². The van der Waals surface area contributed by atoms with Crippen LogP contribution in [0.25, 0.3) is 11.3 Å². The maximum absolute atomic E-state index is 12.7. The normalized spacial score (nSPS) is 16.9. The average molecular weight is 824 g/mol. The van der Waals surface area contributed by atoms with Gasteiger partial charge in [-0.2, -0.15) is 4.98 Å². The first-order valence-electron chi connectivity index (χ1n) is 21.1. The van der Waals surface area contributed by atoms with Crippen molar-refractivity contribution in [2.75, 3.05) is 43.4 Å². The van der Waals surface area contributed by atoms with Gasteiger partial charge in [0.2, 0.25) is 11.8 Å². The zero-order chi connectivity index (χ0) is 43.4. The van der Waals surface area contributed by atoms with Crippen molar-refractivity contribution < 1.29 is 14.1 Å². The van der Waals surface area contributed by atoms with Gasteiger partial charge in [-0.05, 0) is 85.3 Å². The van der Waals surface area contributed by atoms with Gasteiger partial charge in [0.25, 0.3) is 11.7 Å². The van der Waals surface area contributed by atoms with Crippen LogP contribution in [0.3, 0.4) is 0 Å². The molecule has 2 amide bonds. The van der Waals surface area contributed by atoms with Gasteiger partial charge in [-0.15, -0.1) is 0 Å². The highest BCUT2D eigenvalue weighted by Crippen LogP contribution is 2.35. The molecule has 2 fully saturated rings. The first-order chi connectivity index (χ1) is 29.2.